The van der Waals surface area contributed by atoms with Gasteiger partial charge in [-0.1, -0.05) is 33.4 Å². The van der Waals surface area contributed by atoms with Crippen LogP contribution in [0.5, 0.6) is 0 Å². The third-order valence-electron chi connectivity index (χ3n) is 8.19. The smallest absolute Gasteiger partial charge is 0.334 e. The van der Waals surface area contributed by atoms with Gasteiger partial charge in [-0.05, 0) is 48.5 Å². The van der Waals surface area contributed by atoms with Gasteiger partial charge in [0.2, 0.25) is 0 Å². The Morgan fingerprint density at radius 1 is 1.23 bits per heavy atom. The highest BCUT2D eigenvalue weighted by Crippen LogP contribution is 2.64. The Kier molecular flexibility index (Phi) is 4.16. The summed E-state index contributed by atoms with van der Waals surface area (Å²) in [5, 5.41) is 0. The molecule has 0 unspecified atom stereocenters. The standard InChI is InChI=1S/C22H32O4/c1-12-18-15(24-5)11-14-13(19(18)26-20(12)23)7-8-16-21(2,3)10-9-17(25-6)22(14,16)4/h7,14-19H,1,8-11H2,2-6H3/t14-,15+,16-,17+,18-,19+,22+/m1/s1. The van der Waals surface area contributed by atoms with Gasteiger partial charge >= 0.3 is 5.97 Å². The molecule has 0 spiro atoms. The molecule has 0 aromatic rings. The predicted octanol–water partition coefficient (Wildman–Crippen LogP) is 3.91. The van der Waals surface area contributed by atoms with Crippen molar-refractivity contribution in [3.8, 4) is 0 Å². The number of rotatable bonds is 2. The lowest BCUT2D eigenvalue weighted by atomic mass is 9.45. The Bertz CT molecular complexity index is 663. The van der Waals surface area contributed by atoms with Crippen LogP contribution in [-0.2, 0) is 19.0 Å². The summed E-state index contributed by atoms with van der Waals surface area (Å²) in [5.74, 6) is 0.559. The molecule has 1 aliphatic heterocycles. The number of fused-ring (bicyclic) bond motifs is 5. The first-order valence-electron chi connectivity index (χ1n) is 9.91. The molecule has 4 aliphatic rings. The molecule has 1 heterocycles. The van der Waals surface area contributed by atoms with Gasteiger partial charge in [-0.3, -0.25) is 0 Å². The van der Waals surface area contributed by atoms with Crippen LogP contribution < -0.4 is 0 Å². The second-order valence-corrected chi connectivity index (χ2v) is 9.55. The topological polar surface area (TPSA) is 44.8 Å². The third-order valence-corrected chi connectivity index (χ3v) is 8.19. The summed E-state index contributed by atoms with van der Waals surface area (Å²) in [6.07, 6.45) is 6.56. The van der Waals surface area contributed by atoms with Crippen LogP contribution in [0.3, 0.4) is 0 Å². The van der Waals surface area contributed by atoms with E-state index in [0.717, 1.165) is 19.3 Å². The van der Waals surface area contributed by atoms with Crippen molar-refractivity contribution in [2.45, 2.75) is 64.8 Å². The van der Waals surface area contributed by atoms with Crippen LogP contribution >= 0.6 is 0 Å². The van der Waals surface area contributed by atoms with Gasteiger partial charge in [-0.15, -0.1) is 0 Å². The quantitative estimate of drug-likeness (QED) is 0.425. The molecular formula is C22H32O4. The first-order valence-corrected chi connectivity index (χ1v) is 9.91. The van der Waals surface area contributed by atoms with Crippen molar-refractivity contribution in [2.24, 2.45) is 28.6 Å². The molecule has 0 N–H and O–H groups in total. The molecule has 0 bridgehead atoms. The summed E-state index contributed by atoms with van der Waals surface area (Å²) in [4.78, 5) is 12.2. The van der Waals surface area contributed by atoms with E-state index >= 15 is 0 Å². The fourth-order valence-corrected chi connectivity index (χ4v) is 6.83. The van der Waals surface area contributed by atoms with E-state index in [0.29, 0.717) is 17.4 Å². The van der Waals surface area contributed by atoms with Crippen LogP contribution in [-0.4, -0.2) is 38.5 Å². The van der Waals surface area contributed by atoms with Gasteiger partial charge in [-0.25, -0.2) is 4.79 Å². The van der Waals surface area contributed by atoms with E-state index in [4.69, 9.17) is 14.2 Å². The maximum Gasteiger partial charge on any atom is 0.334 e. The molecule has 0 amide bonds. The molecule has 144 valence electrons. The maximum absolute atomic E-state index is 12.2. The Morgan fingerprint density at radius 2 is 1.96 bits per heavy atom. The van der Waals surface area contributed by atoms with Gasteiger partial charge < -0.3 is 14.2 Å². The summed E-state index contributed by atoms with van der Waals surface area (Å²) in [7, 11) is 3.59. The van der Waals surface area contributed by atoms with Gasteiger partial charge in [0.1, 0.15) is 6.10 Å². The monoisotopic (exact) mass is 360 g/mol. The highest BCUT2D eigenvalue weighted by atomic mass is 16.6. The highest BCUT2D eigenvalue weighted by Gasteiger charge is 2.62. The molecule has 4 nitrogen and oxygen atoms in total. The molecular weight excluding hydrogens is 328 g/mol. The fraction of sp³-hybridized carbons (Fsp3) is 0.773. The number of esters is 1. The van der Waals surface area contributed by atoms with Crippen molar-refractivity contribution >= 4 is 5.97 Å². The van der Waals surface area contributed by atoms with Crippen LogP contribution in [0, 0.1) is 28.6 Å². The van der Waals surface area contributed by atoms with Crippen LogP contribution in [0.1, 0.15) is 46.5 Å². The minimum Gasteiger partial charge on any atom is -0.454 e. The second-order valence-electron chi connectivity index (χ2n) is 9.55. The molecule has 0 radical (unpaired) electrons. The van der Waals surface area contributed by atoms with Crippen molar-refractivity contribution in [1.82, 2.24) is 0 Å². The minimum atomic E-state index is -0.261. The Labute approximate surface area is 157 Å². The summed E-state index contributed by atoms with van der Waals surface area (Å²) < 4.78 is 17.7. The van der Waals surface area contributed by atoms with E-state index in [9.17, 15) is 4.79 Å². The molecule has 3 fully saturated rings. The van der Waals surface area contributed by atoms with Gasteiger partial charge in [0.25, 0.3) is 0 Å². The van der Waals surface area contributed by atoms with Crippen LogP contribution in [0.25, 0.3) is 0 Å². The molecule has 4 heteroatoms. The van der Waals surface area contributed by atoms with Gasteiger partial charge in [0.15, 0.2) is 0 Å². The number of allylic oxidation sites excluding steroid dienone is 1. The van der Waals surface area contributed by atoms with Crippen molar-refractivity contribution in [1.29, 1.82) is 0 Å². The fourth-order valence-electron chi connectivity index (χ4n) is 6.83. The summed E-state index contributed by atoms with van der Waals surface area (Å²) in [6, 6.07) is 0. The maximum atomic E-state index is 12.2. The number of hydrogen-bond donors (Lipinski definition) is 0. The van der Waals surface area contributed by atoms with E-state index < -0.39 is 0 Å². The first kappa shape index (κ1) is 18.2. The zero-order chi connectivity index (χ0) is 18.9. The SMILES string of the molecule is C=C1C(=O)O[C@H]2C3=CC[C@@H]4C(C)(C)CC[C@H](OC)[C@@]4(C)[C@@H]3C[C@H](OC)[C@@H]12. The van der Waals surface area contributed by atoms with Gasteiger partial charge in [0, 0.05) is 25.2 Å². The predicted molar refractivity (Wildman–Crippen MR) is 99.5 cm³/mol. The van der Waals surface area contributed by atoms with Crippen molar-refractivity contribution < 1.29 is 19.0 Å². The molecule has 0 aromatic heterocycles. The first-order chi connectivity index (χ1) is 12.3. The Hall–Kier alpha value is -1.13. The molecule has 26 heavy (non-hydrogen) atoms. The molecule has 2 saturated carbocycles. The lowest BCUT2D eigenvalue weighted by Gasteiger charge is -2.61. The Balaban J connectivity index is 1.81. The Morgan fingerprint density at radius 3 is 2.62 bits per heavy atom. The van der Waals surface area contributed by atoms with E-state index in [-0.39, 0.29) is 41.0 Å². The third kappa shape index (κ3) is 2.24. The van der Waals surface area contributed by atoms with Crippen LogP contribution in [0.2, 0.25) is 0 Å². The van der Waals surface area contributed by atoms with Crippen molar-refractivity contribution in [3.05, 3.63) is 23.8 Å². The molecule has 0 aromatic carbocycles. The zero-order valence-electron chi connectivity index (χ0n) is 16.7. The number of methoxy groups -OCH3 is 2. The van der Waals surface area contributed by atoms with Gasteiger partial charge in [0.05, 0.1) is 18.1 Å². The molecule has 3 aliphatic carbocycles. The summed E-state index contributed by atoms with van der Waals surface area (Å²) in [6.45, 7) is 11.2. The minimum absolute atomic E-state index is 0.0265. The number of carbonyl (C=O) groups is 1. The van der Waals surface area contributed by atoms with E-state index in [1.54, 1.807) is 7.11 Å². The largest absolute Gasteiger partial charge is 0.454 e. The second kappa shape index (κ2) is 5.93. The molecule has 4 rings (SSSR count). The number of hydrogen-bond acceptors (Lipinski definition) is 4. The van der Waals surface area contributed by atoms with Crippen LogP contribution in [0.15, 0.2) is 23.8 Å². The normalized spacial score (nSPS) is 46.7. The van der Waals surface area contributed by atoms with E-state index in [2.05, 4.69) is 33.4 Å². The zero-order valence-corrected chi connectivity index (χ0v) is 16.7. The lowest BCUT2D eigenvalue weighted by Crippen LogP contribution is -2.60. The summed E-state index contributed by atoms with van der Waals surface area (Å²) in [5.41, 5.74) is 2.16. The van der Waals surface area contributed by atoms with E-state index in [1.807, 2.05) is 7.11 Å². The highest BCUT2D eigenvalue weighted by molar-refractivity contribution is 5.91. The number of ether oxygens (including phenoxy) is 3. The number of carbonyl (C=O) groups excluding carboxylic acids is 1. The van der Waals surface area contributed by atoms with Crippen molar-refractivity contribution in [2.75, 3.05) is 14.2 Å². The average molecular weight is 360 g/mol. The molecule has 1 saturated heterocycles. The average Bonchev–Trinajstić information content (AvgIpc) is 2.90. The lowest BCUT2D eigenvalue weighted by molar-refractivity contribution is -0.164. The summed E-state index contributed by atoms with van der Waals surface area (Å²) >= 11 is 0. The molecule has 7 atom stereocenters. The van der Waals surface area contributed by atoms with Crippen molar-refractivity contribution in [3.63, 3.8) is 0 Å². The van der Waals surface area contributed by atoms with Gasteiger partial charge in [-0.2, -0.15) is 0 Å². The van der Waals surface area contributed by atoms with E-state index in [1.165, 1.54) is 12.0 Å². The van der Waals surface area contributed by atoms with Crippen LogP contribution in [0.4, 0.5) is 0 Å².